The van der Waals surface area contributed by atoms with E-state index in [1.165, 1.54) is 37.2 Å². The zero-order valence-electron chi connectivity index (χ0n) is 9.88. The fraction of sp³-hybridized carbons (Fsp3) is 1.00. The summed E-state index contributed by atoms with van der Waals surface area (Å²) in [6.45, 7) is 4.64. The molecule has 1 atom stereocenters. The van der Waals surface area contributed by atoms with Crippen LogP contribution in [0.5, 0.6) is 0 Å². The highest BCUT2D eigenvalue weighted by molar-refractivity contribution is 7.99. The van der Waals surface area contributed by atoms with E-state index in [1.54, 1.807) is 0 Å². The van der Waals surface area contributed by atoms with Crippen LogP contribution in [0.4, 0.5) is 0 Å². The van der Waals surface area contributed by atoms with Crippen LogP contribution in [-0.2, 0) is 0 Å². The molecule has 1 N–H and O–H groups in total. The van der Waals surface area contributed by atoms with Crippen molar-refractivity contribution in [2.24, 2.45) is 11.8 Å². The number of thioether (sulfide) groups is 1. The summed E-state index contributed by atoms with van der Waals surface area (Å²) in [5, 5.41) is 3.47. The molecule has 0 aromatic carbocycles. The maximum Gasteiger partial charge on any atom is 0.00691 e. The third kappa shape index (κ3) is 4.70. The minimum atomic E-state index is 0.753. The number of rotatable bonds is 5. The molecular weight excluding hydrogens is 190 g/mol. The van der Waals surface area contributed by atoms with Gasteiger partial charge >= 0.3 is 0 Å². The van der Waals surface area contributed by atoms with Crippen LogP contribution in [0.25, 0.3) is 0 Å². The minimum Gasteiger partial charge on any atom is -0.317 e. The van der Waals surface area contributed by atoms with E-state index in [1.807, 2.05) is 0 Å². The Morgan fingerprint density at radius 2 is 1.93 bits per heavy atom. The van der Waals surface area contributed by atoms with E-state index in [9.17, 15) is 0 Å². The van der Waals surface area contributed by atoms with Gasteiger partial charge in [-0.25, -0.2) is 0 Å². The molecule has 1 nitrogen and oxygen atoms in total. The van der Waals surface area contributed by atoms with Gasteiger partial charge in [-0.15, -0.1) is 0 Å². The molecule has 2 heteroatoms. The average molecular weight is 215 g/mol. The van der Waals surface area contributed by atoms with Crippen LogP contribution in [0.3, 0.4) is 0 Å². The maximum atomic E-state index is 3.47. The van der Waals surface area contributed by atoms with Gasteiger partial charge < -0.3 is 5.32 Å². The SMILES string of the molecule is CNC(CC(C)C)CC1CCSCC1. The Bertz CT molecular complexity index is 141. The summed E-state index contributed by atoms with van der Waals surface area (Å²) in [7, 11) is 2.12. The lowest BCUT2D eigenvalue weighted by molar-refractivity contribution is 0.339. The molecule has 0 saturated carbocycles. The van der Waals surface area contributed by atoms with Gasteiger partial charge in [0.05, 0.1) is 0 Å². The number of hydrogen-bond donors (Lipinski definition) is 1. The standard InChI is InChI=1S/C12H25NS/c1-10(2)8-12(13-3)9-11-4-6-14-7-5-11/h10-13H,4-9H2,1-3H3. The topological polar surface area (TPSA) is 12.0 Å². The lowest BCUT2D eigenvalue weighted by Crippen LogP contribution is -2.30. The molecule has 0 radical (unpaired) electrons. The van der Waals surface area contributed by atoms with Crippen molar-refractivity contribution in [1.82, 2.24) is 5.32 Å². The fourth-order valence-electron chi connectivity index (χ4n) is 2.29. The molecule has 14 heavy (non-hydrogen) atoms. The van der Waals surface area contributed by atoms with Crippen molar-refractivity contribution in [3.8, 4) is 0 Å². The van der Waals surface area contributed by atoms with Gasteiger partial charge in [0.2, 0.25) is 0 Å². The first-order valence-electron chi connectivity index (χ1n) is 5.97. The Morgan fingerprint density at radius 3 is 2.43 bits per heavy atom. The maximum absolute atomic E-state index is 3.47. The van der Waals surface area contributed by atoms with Crippen molar-refractivity contribution < 1.29 is 0 Å². The first-order valence-corrected chi connectivity index (χ1v) is 7.12. The van der Waals surface area contributed by atoms with Crippen molar-refractivity contribution in [2.75, 3.05) is 18.6 Å². The largest absolute Gasteiger partial charge is 0.317 e. The summed E-state index contributed by atoms with van der Waals surface area (Å²) < 4.78 is 0. The van der Waals surface area contributed by atoms with Crippen LogP contribution in [0.15, 0.2) is 0 Å². The van der Waals surface area contributed by atoms with Gasteiger partial charge in [0.15, 0.2) is 0 Å². The highest BCUT2D eigenvalue weighted by Gasteiger charge is 2.18. The lowest BCUT2D eigenvalue weighted by atomic mass is 9.90. The van der Waals surface area contributed by atoms with E-state index in [-0.39, 0.29) is 0 Å². The molecular formula is C12H25NS. The van der Waals surface area contributed by atoms with Gasteiger partial charge in [-0.2, -0.15) is 11.8 Å². The Morgan fingerprint density at radius 1 is 1.29 bits per heavy atom. The molecule has 1 unspecified atom stereocenters. The minimum absolute atomic E-state index is 0.753. The molecule has 1 rings (SSSR count). The van der Waals surface area contributed by atoms with Gasteiger partial charge in [-0.1, -0.05) is 13.8 Å². The molecule has 0 amide bonds. The van der Waals surface area contributed by atoms with Gasteiger partial charge in [-0.3, -0.25) is 0 Å². The predicted molar refractivity (Wildman–Crippen MR) is 67.0 cm³/mol. The Balaban J connectivity index is 2.23. The zero-order chi connectivity index (χ0) is 10.4. The second-order valence-corrected chi connectivity index (χ2v) is 6.13. The van der Waals surface area contributed by atoms with Crippen LogP contribution in [0.1, 0.15) is 39.5 Å². The summed E-state index contributed by atoms with van der Waals surface area (Å²) in [5.41, 5.74) is 0. The Labute approximate surface area is 93.4 Å². The van der Waals surface area contributed by atoms with Crippen LogP contribution >= 0.6 is 11.8 Å². The molecule has 0 aliphatic carbocycles. The molecule has 1 heterocycles. The first-order chi connectivity index (χ1) is 6.72. The monoisotopic (exact) mass is 215 g/mol. The summed E-state index contributed by atoms with van der Waals surface area (Å²) >= 11 is 2.13. The van der Waals surface area contributed by atoms with E-state index in [0.717, 1.165) is 17.9 Å². The predicted octanol–water partition coefficient (Wildman–Crippen LogP) is 3.15. The van der Waals surface area contributed by atoms with Crippen LogP contribution in [0.2, 0.25) is 0 Å². The second kappa shape index (κ2) is 6.73. The van der Waals surface area contributed by atoms with E-state index in [4.69, 9.17) is 0 Å². The molecule has 1 fully saturated rings. The second-order valence-electron chi connectivity index (χ2n) is 4.91. The number of hydrogen-bond acceptors (Lipinski definition) is 2. The van der Waals surface area contributed by atoms with E-state index >= 15 is 0 Å². The van der Waals surface area contributed by atoms with E-state index in [2.05, 4.69) is 38.0 Å². The zero-order valence-corrected chi connectivity index (χ0v) is 10.7. The summed E-state index contributed by atoms with van der Waals surface area (Å²) in [5.74, 6) is 4.60. The normalized spacial score (nSPS) is 21.4. The van der Waals surface area contributed by atoms with Crippen molar-refractivity contribution in [1.29, 1.82) is 0 Å². The van der Waals surface area contributed by atoms with Gasteiger partial charge in [-0.05, 0) is 56.1 Å². The van der Waals surface area contributed by atoms with Crippen molar-refractivity contribution in [3.05, 3.63) is 0 Å². The number of nitrogens with one attached hydrogen (secondary N) is 1. The average Bonchev–Trinajstić information content (AvgIpc) is 2.17. The summed E-state index contributed by atoms with van der Waals surface area (Å²) in [6, 6.07) is 0.753. The van der Waals surface area contributed by atoms with Crippen molar-refractivity contribution >= 4 is 11.8 Å². The highest BCUT2D eigenvalue weighted by atomic mass is 32.2. The molecule has 0 spiro atoms. The molecule has 0 bridgehead atoms. The molecule has 0 aromatic rings. The third-order valence-electron chi connectivity index (χ3n) is 3.12. The third-order valence-corrected chi connectivity index (χ3v) is 4.17. The van der Waals surface area contributed by atoms with E-state index in [0.29, 0.717) is 0 Å². The smallest absolute Gasteiger partial charge is 0.00691 e. The Hall–Kier alpha value is 0.310. The van der Waals surface area contributed by atoms with Gasteiger partial charge in [0.1, 0.15) is 0 Å². The summed E-state index contributed by atoms with van der Waals surface area (Å²) in [6.07, 6.45) is 5.62. The van der Waals surface area contributed by atoms with Gasteiger partial charge in [0, 0.05) is 6.04 Å². The van der Waals surface area contributed by atoms with Gasteiger partial charge in [0.25, 0.3) is 0 Å². The lowest BCUT2D eigenvalue weighted by Gasteiger charge is -2.27. The van der Waals surface area contributed by atoms with Crippen molar-refractivity contribution in [2.45, 2.75) is 45.6 Å². The molecule has 84 valence electrons. The Kier molecular flexibility index (Phi) is 5.95. The van der Waals surface area contributed by atoms with Crippen LogP contribution < -0.4 is 5.32 Å². The first kappa shape index (κ1) is 12.4. The fourth-order valence-corrected chi connectivity index (χ4v) is 3.49. The van der Waals surface area contributed by atoms with Crippen LogP contribution in [-0.4, -0.2) is 24.6 Å². The van der Waals surface area contributed by atoms with E-state index < -0.39 is 0 Å². The molecule has 1 saturated heterocycles. The van der Waals surface area contributed by atoms with Crippen LogP contribution in [0, 0.1) is 11.8 Å². The molecule has 0 aromatic heterocycles. The van der Waals surface area contributed by atoms with Crippen molar-refractivity contribution in [3.63, 3.8) is 0 Å². The molecule has 1 aliphatic heterocycles. The highest BCUT2D eigenvalue weighted by Crippen LogP contribution is 2.27. The summed E-state index contributed by atoms with van der Waals surface area (Å²) in [4.78, 5) is 0. The molecule has 1 aliphatic rings. The quantitative estimate of drug-likeness (QED) is 0.756.